The third-order valence-electron chi connectivity index (χ3n) is 5.75. The molecular formula is C23H29AsN2O5S. The molecule has 1 aliphatic rings. The summed E-state index contributed by atoms with van der Waals surface area (Å²) in [5, 5.41) is 12.4. The number of nitrogens with zero attached hydrogens (tertiary/aromatic N) is 1. The van der Waals surface area contributed by atoms with Gasteiger partial charge in [0.1, 0.15) is 0 Å². The van der Waals surface area contributed by atoms with Gasteiger partial charge >= 0.3 is 196 Å². The molecule has 1 unspecified atom stereocenters. The van der Waals surface area contributed by atoms with Crippen molar-refractivity contribution in [1.82, 2.24) is 4.72 Å². The number of hydrogen-bond acceptors (Lipinski definition) is 5. The summed E-state index contributed by atoms with van der Waals surface area (Å²) >= 11 is -0.761. The molecule has 1 N–H and O–H groups in total. The molecule has 0 amide bonds. The van der Waals surface area contributed by atoms with Gasteiger partial charge in [-0.3, -0.25) is 0 Å². The maximum absolute atomic E-state index is 12.7. The molecule has 2 aromatic rings. The van der Waals surface area contributed by atoms with E-state index in [9.17, 15) is 23.3 Å². The Hall–Kier alpha value is -2.02. The first-order chi connectivity index (χ1) is 15.4. The Balaban J connectivity index is 1.57. The number of hydrogen-bond donors (Lipinski definition) is 1. The molecule has 0 aliphatic heterocycles. The molecule has 0 spiro atoms. The Morgan fingerprint density at radius 3 is 2.47 bits per heavy atom. The third-order valence-corrected chi connectivity index (χ3v) is 10.5. The first-order valence-corrected chi connectivity index (χ1v) is 15.5. The maximum atomic E-state index is 12.7. The van der Waals surface area contributed by atoms with Gasteiger partial charge in [0.15, 0.2) is 0 Å². The van der Waals surface area contributed by atoms with E-state index >= 15 is 0 Å². The number of nitrogens with one attached hydrogen (secondary N) is 1. The first-order valence-electron chi connectivity index (χ1n) is 10.9. The summed E-state index contributed by atoms with van der Waals surface area (Å²) < 4.78 is 27.4. The Bertz CT molecular complexity index is 1040. The van der Waals surface area contributed by atoms with Crippen LogP contribution in [0.1, 0.15) is 53.6 Å². The van der Waals surface area contributed by atoms with Crippen molar-refractivity contribution in [2.45, 2.75) is 42.5 Å². The van der Waals surface area contributed by atoms with Gasteiger partial charge < -0.3 is 0 Å². The van der Waals surface area contributed by atoms with Crippen LogP contribution >= 0.6 is 0 Å². The summed E-state index contributed by atoms with van der Waals surface area (Å²) in [5.41, 5.74) is 1.42. The van der Waals surface area contributed by atoms with Crippen LogP contribution in [0.25, 0.3) is 0 Å². The Morgan fingerprint density at radius 1 is 1.06 bits per heavy atom. The summed E-state index contributed by atoms with van der Waals surface area (Å²) in [6.07, 6.45) is 5.74. The van der Waals surface area contributed by atoms with Crippen molar-refractivity contribution < 1.29 is 18.1 Å². The Kier molecular flexibility index (Phi) is 9.02. The number of carbonyl (C=O) groups excluding carboxylic acids is 1. The second kappa shape index (κ2) is 11.7. The zero-order valence-electron chi connectivity index (χ0n) is 18.0. The van der Waals surface area contributed by atoms with E-state index in [0.717, 1.165) is 12.8 Å². The van der Waals surface area contributed by atoms with E-state index in [2.05, 4.69) is 4.72 Å². The molecule has 0 aromatic heterocycles. The van der Waals surface area contributed by atoms with Gasteiger partial charge in [-0.25, -0.2) is 0 Å². The van der Waals surface area contributed by atoms with E-state index in [1.54, 1.807) is 30.3 Å². The van der Waals surface area contributed by atoms with Crippen molar-refractivity contribution in [3.05, 3.63) is 75.3 Å². The SMILES string of the molecule is O=C(c1ccccc1)c1ccc([N+](=O)[O-])c(C[AsH]CCS(=O)(=O)NCC2CCCCC2)c1. The van der Waals surface area contributed by atoms with Crippen LogP contribution in [0.5, 0.6) is 0 Å². The van der Waals surface area contributed by atoms with E-state index in [1.807, 2.05) is 6.07 Å². The van der Waals surface area contributed by atoms with Crippen molar-refractivity contribution in [3.8, 4) is 0 Å². The van der Waals surface area contributed by atoms with Crippen LogP contribution in [-0.2, 0) is 15.2 Å². The molecule has 9 heteroatoms. The quantitative estimate of drug-likeness (QED) is 0.160. The predicted octanol–water partition coefficient (Wildman–Crippen LogP) is 3.68. The molecule has 0 radical (unpaired) electrons. The molecule has 1 aliphatic carbocycles. The van der Waals surface area contributed by atoms with Gasteiger partial charge in [0.2, 0.25) is 0 Å². The fourth-order valence-corrected chi connectivity index (χ4v) is 9.12. The van der Waals surface area contributed by atoms with Crippen LogP contribution in [0.15, 0.2) is 48.5 Å². The Labute approximate surface area is 195 Å². The molecule has 7 nitrogen and oxygen atoms in total. The van der Waals surface area contributed by atoms with E-state index in [-0.39, 0.29) is 17.2 Å². The normalized spacial score (nSPS) is 15.2. The van der Waals surface area contributed by atoms with Gasteiger partial charge in [0, 0.05) is 0 Å². The van der Waals surface area contributed by atoms with Crippen molar-refractivity contribution in [1.29, 1.82) is 0 Å². The molecule has 0 saturated heterocycles. The summed E-state index contributed by atoms with van der Waals surface area (Å²) in [5.74, 6) is 0.300. The van der Waals surface area contributed by atoms with Crippen LogP contribution < -0.4 is 4.72 Å². The molecule has 3 rings (SSSR count). The van der Waals surface area contributed by atoms with Crippen molar-refractivity contribution in [2.24, 2.45) is 5.92 Å². The molecule has 1 fully saturated rings. The zero-order chi connectivity index (χ0) is 23.0. The van der Waals surface area contributed by atoms with E-state index in [4.69, 9.17) is 0 Å². The summed E-state index contributed by atoms with van der Waals surface area (Å²) in [6.45, 7) is 0.511. The van der Waals surface area contributed by atoms with E-state index < -0.39 is 30.7 Å². The number of nitro groups is 1. The molecule has 1 saturated carbocycles. The molecule has 1 atom stereocenters. The molecule has 0 heterocycles. The summed E-state index contributed by atoms with van der Waals surface area (Å²) in [4.78, 5) is 23.7. The van der Waals surface area contributed by atoms with Crippen LogP contribution in [0.3, 0.4) is 0 Å². The van der Waals surface area contributed by atoms with Gasteiger partial charge in [0.05, 0.1) is 0 Å². The summed E-state index contributed by atoms with van der Waals surface area (Å²) in [7, 11) is -3.33. The third kappa shape index (κ3) is 7.26. The number of ketones is 1. The fourth-order valence-electron chi connectivity index (χ4n) is 3.94. The average molecular weight is 520 g/mol. The average Bonchev–Trinajstić information content (AvgIpc) is 2.81. The van der Waals surface area contributed by atoms with Crippen LogP contribution in [0.2, 0.25) is 5.21 Å². The number of benzene rings is 2. The molecular weight excluding hydrogens is 491 g/mol. The fraction of sp³-hybridized carbons (Fsp3) is 0.435. The van der Waals surface area contributed by atoms with E-state index in [1.165, 1.54) is 31.4 Å². The minimum atomic E-state index is -3.33. The molecule has 2 aromatic carbocycles. The van der Waals surface area contributed by atoms with Crippen LogP contribution in [-0.4, -0.2) is 47.2 Å². The van der Waals surface area contributed by atoms with E-state index in [0.29, 0.717) is 39.6 Å². The standard InChI is InChI=1S/C23H29AsN2O5S/c27-23(19-9-5-2-6-10-19)20-11-12-22(26(28)29)21(15-20)16-24-13-14-32(30,31)25-17-18-7-3-1-4-8-18/h2,5-6,9-12,15,18,24-25H,1,3-4,7-8,13-14,16-17H2. The minimum absolute atomic E-state index is 0.0170. The second-order valence-corrected chi connectivity index (χ2v) is 12.9. The zero-order valence-corrected chi connectivity index (χ0v) is 20.9. The van der Waals surface area contributed by atoms with Gasteiger partial charge in [-0.1, -0.05) is 0 Å². The summed E-state index contributed by atoms with van der Waals surface area (Å²) in [6, 6.07) is 13.2. The second-order valence-electron chi connectivity index (χ2n) is 8.14. The predicted molar refractivity (Wildman–Crippen MR) is 127 cm³/mol. The van der Waals surface area contributed by atoms with Gasteiger partial charge in [-0.15, -0.1) is 0 Å². The number of sulfonamides is 1. The van der Waals surface area contributed by atoms with Crippen molar-refractivity contribution >= 4 is 37.2 Å². The van der Waals surface area contributed by atoms with Crippen LogP contribution in [0.4, 0.5) is 5.69 Å². The van der Waals surface area contributed by atoms with Crippen molar-refractivity contribution in [2.75, 3.05) is 12.3 Å². The monoisotopic (exact) mass is 520 g/mol. The first kappa shape index (κ1) is 24.6. The van der Waals surface area contributed by atoms with Crippen LogP contribution in [0, 0.1) is 16.0 Å². The molecule has 0 bridgehead atoms. The van der Waals surface area contributed by atoms with Gasteiger partial charge in [-0.05, 0) is 0 Å². The molecule has 172 valence electrons. The number of carbonyl (C=O) groups is 1. The topological polar surface area (TPSA) is 106 Å². The van der Waals surface area contributed by atoms with Crippen molar-refractivity contribution in [3.63, 3.8) is 0 Å². The van der Waals surface area contributed by atoms with Gasteiger partial charge in [0.25, 0.3) is 0 Å². The Morgan fingerprint density at radius 2 is 1.78 bits per heavy atom. The molecule has 32 heavy (non-hydrogen) atoms. The number of nitro benzene ring substituents is 1. The van der Waals surface area contributed by atoms with Gasteiger partial charge in [-0.2, -0.15) is 0 Å². The number of rotatable bonds is 11.